The highest BCUT2D eigenvalue weighted by Gasteiger charge is 2.43. The first-order valence-corrected chi connectivity index (χ1v) is 14.9. The highest BCUT2D eigenvalue weighted by molar-refractivity contribution is 6.32. The Labute approximate surface area is 252 Å². The average molecular weight is 594 g/mol. The standard InChI is InChI=1S/C33H40ClN3O5/c1-3-24-9-4-5-13-29(24)42-30-27(11-6-12-28(30)34)33(40,18-8-19-36-32(39)41-2)26-10-7-20-37(22-26)31(38)25-16-14-23(21-35)15-17-25/h4-6,9,11-17,26,40H,3,7-8,10,18-22,35H2,1-2H3,(H,36,39). The zero-order valence-corrected chi connectivity index (χ0v) is 25.0. The predicted molar refractivity (Wildman–Crippen MR) is 164 cm³/mol. The zero-order valence-electron chi connectivity index (χ0n) is 24.3. The van der Waals surface area contributed by atoms with Gasteiger partial charge < -0.3 is 30.5 Å². The molecular weight excluding hydrogens is 554 g/mol. The number of aliphatic hydroxyl groups is 1. The van der Waals surface area contributed by atoms with Gasteiger partial charge in [0.25, 0.3) is 5.91 Å². The molecule has 2 atom stereocenters. The largest absolute Gasteiger partial charge is 0.455 e. The number of nitrogens with one attached hydrogen (secondary N) is 1. The Hall–Kier alpha value is -3.59. The molecule has 4 N–H and O–H groups in total. The summed E-state index contributed by atoms with van der Waals surface area (Å²) in [6.07, 6.45) is 2.45. The van der Waals surface area contributed by atoms with Crippen molar-refractivity contribution in [1.29, 1.82) is 0 Å². The maximum absolute atomic E-state index is 13.5. The lowest BCUT2D eigenvalue weighted by atomic mass is 9.73. The molecule has 1 fully saturated rings. The molecule has 1 heterocycles. The van der Waals surface area contributed by atoms with Gasteiger partial charge in [-0.25, -0.2) is 4.79 Å². The molecule has 1 saturated heterocycles. The maximum Gasteiger partial charge on any atom is 0.406 e. The summed E-state index contributed by atoms with van der Waals surface area (Å²) in [5.74, 6) is 0.672. The third kappa shape index (κ3) is 7.24. The lowest BCUT2D eigenvalue weighted by Crippen LogP contribution is -2.48. The van der Waals surface area contributed by atoms with Crippen LogP contribution in [0.3, 0.4) is 0 Å². The SMILES string of the molecule is CCc1ccccc1Oc1c(Cl)cccc1C(O)(CCCNC(=O)OC)C1CCCN(C(=O)c2ccc(CN)cc2)C1. The number of carbonyl (C=O) groups is 2. The molecule has 42 heavy (non-hydrogen) atoms. The number of rotatable bonds is 11. The lowest BCUT2D eigenvalue weighted by Gasteiger charge is -2.43. The van der Waals surface area contributed by atoms with Crippen molar-refractivity contribution < 1.29 is 24.2 Å². The van der Waals surface area contributed by atoms with E-state index in [1.165, 1.54) is 7.11 Å². The van der Waals surface area contributed by atoms with Gasteiger partial charge in [0.1, 0.15) is 5.75 Å². The molecule has 1 aliphatic rings. The number of aryl methyl sites for hydroxylation is 1. The van der Waals surface area contributed by atoms with Crippen molar-refractivity contribution in [2.24, 2.45) is 11.7 Å². The summed E-state index contributed by atoms with van der Waals surface area (Å²) in [7, 11) is 1.31. The number of nitrogens with two attached hydrogens (primary N) is 1. The van der Waals surface area contributed by atoms with Gasteiger partial charge in [-0.15, -0.1) is 0 Å². The summed E-state index contributed by atoms with van der Waals surface area (Å²) in [6, 6.07) is 20.5. The zero-order chi connectivity index (χ0) is 30.1. The predicted octanol–water partition coefficient (Wildman–Crippen LogP) is 6.03. The molecule has 2 unspecified atom stereocenters. The molecule has 0 spiro atoms. The molecule has 0 bridgehead atoms. The van der Waals surface area contributed by atoms with Crippen molar-refractivity contribution in [3.8, 4) is 11.5 Å². The van der Waals surface area contributed by atoms with E-state index in [2.05, 4.69) is 12.2 Å². The van der Waals surface area contributed by atoms with E-state index in [-0.39, 0.29) is 11.8 Å². The third-order valence-electron chi connectivity index (χ3n) is 8.01. The number of carbonyl (C=O) groups excluding carboxylic acids is 2. The van der Waals surface area contributed by atoms with Crippen LogP contribution in [0.5, 0.6) is 11.5 Å². The van der Waals surface area contributed by atoms with Gasteiger partial charge in [0.05, 0.1) is 17.7 Å². The van der Waals surface area contributed by atoms with Crippen molar-refractivity contribution in [2.45, 2.75) is 51.2 Å². The Morgan fingerprint density at radius 3 is 2.60 bits per heavy atom. The van der Waals surface area contributed by atoms with Gasteiger partial charge in [-0.3, -0.25) is 4.79 Å². The van der Waals surface area contributed by atoms with E-state index in [9.17, 15) is 14.7 Å². The smallest absolute Gasteiger partial charge is 0.406 e. The van der Waals surface area contributed by atoms with Gasteiger partial charge >= 0.3 is 6.09 Å². The molecular formula is C33H40ClN3O5. The number of alkyl carbamates (subject to hydrolysis) is 1. The minimum Gasteiger partial charge on any atom is -0.455 e. The van der Waals surface area contributed by atoms with E-state index in [4.69, 9.17) is 26.8 Å². The fourth-order valence-electron chi connectivity index (χ4n) is 5.66. The molecule has 2 amide bonds. The van der Waals surface area contributed by atoms with E-state index in [1.54, 1.807) is 29.2 Å². The van der Waals surface area contributed by atoms with Crippen LogP contribution < -0.4 is 15.8 Å². The maximum atomic E-state index is 13.5. The number of hydrogen-bond acceptors (Lipinski definition) is 6. The summed E-state index contributed by atoms with van der Waals surface area (Å²) >= 11 is 6.74. The fraction of sp³-hybridized carbons (Fsp3) is 0.394. The molecule has 0 saturated carbocycles. The number of para-hydroxylation sites is 2. The number of amides is 2. The van der Waals surface area contributed by atoms with E-state index in [0.717, 1.165) is 24.0 Å². The third-order valence-corrected chi connectivity index (χ3v) is 8.31. The number of methoxy groups -OCH3 is 1. The second kappa shape index (κ2) is 14.5. The summed E-state index contributed by atoms with van der Waals surface area (Å²) in [6.45, 7) is 3.72. The second-order valence-corrected chi connectivity index (χ2v) is 11.0. The molecule has 3 aromatic rings. The molecule has 3 aromatic carbocycles. The molecule has 0 aromatic heterocycles. The van der Waals surface area contributed by atoms with Gasteiger partial charge in [-0.05, 0) is 67.5 Å². The van der Waals surface area contributed by atoms with Gasteiger partial charge in [0, 0.05) is 43.2 Å². The first-order valence-electron chi connectivity index (χ1n) is 14.5. The van der Waals surface area contributed by atoms with E-state index in [0.29, 0.717) is 73.1 Å². The Bertz CT molecular complexity index is 1370. The number of ether oxygens (including phenoxy) is 2. The Morgan fingerprint density at radius 2 is 1.88 bits per heavy atom. The minimum absolute atomic E-state index is 0.0857. The average Bonchev–Trinajstić information content (AvgIpc) is 3.03. The summed E-state index contributed by atoms with van der Waals surface area (Å²) in [5.41, 5.74) is 7.45. The normalized spacial score (nSPS) is 16.4. The highest BCUT2D eigenvalue weighted by Crippen LogP contribution is 2.47. The lowest BCUT2D eigenvalue weighted by molar-refractivity contribution is -0.0578. The van der Waals surface area contributed by atoms with E-state index >= 15 is 0 Å². The van der Waals surface area contributed by atoms with Gasteiger partial charge in [0.2, 0.25) is 0 Å². The van der Waals surface area contributed by atoms with Gasteiger partial charge in [-0.2, -0.15) is 0 Å². The molecule has 4 rings (SSSR count). The number of nitrogens with zero attached hydrogens (tertiary/aromatic N) is 1. The van der Waals surface area contributed by atoms with E-state index in [1.807, 2.05) is 42.5 Å². The molecule has 9 heteroatoms. The monoisotopic (exact) mass is 593 g/mol. The Morgan fingerprint density at radius 1 is 1.12 bits per heavy atom. The molecule has 224 valence electrons. The fourth-order valence-corrected chi connectivity index (χ4v) is 5.87. The van der Waals surface area contributed by atoms with Crippen LogP contribution >= 0.6 is 11.6 Å². The van der Waals surface area contributed by atoms with Crippen molar-refractivity contribution in [2.75, 3.05) is 26.7 Å². The number of hydrogen-bond donors (Lipinski definition) is 3. The molecule has 1 aliphatic heterocycles. The Kier molecular flexibility index (Phi) is 10.8. The van der Waals surface area contributed by atoms with Crippen LogP contribution in [0.25, 0.3) is 0 Å². The summed E-state index contributed by atoms with van der Waals surface area (Å²) in [4.78, 5) is 27.0. The Balaban J connectivity index is 1.68. The van der Waals surface area contributed by atoms with E-state index < -0.39 is 11.7 Å². The molecule has 0 radical (unpaired) electrons. The van der Waals surface area contributed by atoms with Gasteiger partial charge in [-0.1, -0.05) is 61.0 Å². The van der Waals surface area contributed by atoms with Crippen LogP contribution in [-0.2, 0) is 23.3 Å². The van der Waals surface area contributed by atoms with Crippen molar-refractivity contribution in [1.82, 2.24) is 10.2 Å². The number of halogens is 1. The topological polar surface area (TPSA) is 114 Å². The van der Waals surface area contributed by atoms with Gasteiger partial charge in [0.15, 0.2) is 5.75 Å². The van der Waals surface area contributed by atoms with Crippen LogP contribution in [0.4, 0.5) is 4.79 Å². The van der Waals surface area contributed by atoms with Crippen LogP contribution in [0.15, 0.2) is 66.7 Å². The van der Waals surface area contributed by atoms with Crippen LogP contribution in [-0.4, -0.2) is 48.8 Å². The van der Waals surface area contributed by atoms with Crippen LogP contribution in [0.1, 0.15) is 59.7 Å². The quantitative estimate of drug-likeness (QED) is 0.234. The highest BCUT2D eigenvalue weighted by atomic mass is 35.5. The van der Waals surface area contributed by atoms with Crippen molar-refractivity contribution in [3.63, 3.8) is 0 Å². The number of piperidine rings is 1. The molecule has 0 aliphatic carbocycles. The second-order valence-electron chi connectivity index (χ2n) is 10.6. The van der Waals surface area contributed by atoms with Crippen molar-refractivity contribution in [3.05, 3.63) is 94.0 Å². The first-order chi connectivity index (χ1) is 20.3. The van der Waals surface area contributed by atoms with Crippen LogP contribution in [0.2, 0.25) is 5.02 Å². The van der Waals surface area contributed by atoms with Crippen LogP contribution in [0, 0.1) is 5.92 Å². The summed E-state index contributed by atoms with van der Waals surface area (Å²) < 4.78 is 11.2. The minimum atomic E-state index is -1.40. The molecule has 8 nitrogen and oxygen atoms in total. The first kappa shape index (κ1) is 31.3. The number of benzene rings is 3. The summed E-state index contributed by atoms with van der Waals surface area (Å²) in [5, 5.41) is 15.7. The van der Waals surface area contributed by atoms with Crippen molar-refractivity contribution >= 4 is 23.6 Å². The number of likely N-dealkylation sites (tertiary alicyclic amines) is 1.